The number of rotatable bonds is 4. The SMILES string of the molecule is Cn1cc(CNc2ccc(NC(=O)OC(C)(C)C)nc2)cn1. The van der Waals surface area contributed by atoms with E-state index in [4.69, 9.17) is 4.74 Å². The van der Waals surface area contributed by atoms with Gasteiger partial charge in [0.25, 0.3) is 0 Å². The van der Waals surface area contributed by atoms with E-state index in [0.717, 1.165) is 11.3 Å². The summed E-state index contributed by atoms with van der Waals surface area (Å²) in [7, 11) is 1.88. The fraction of sp³-hybridized carbons (Fsp3) is 0.400. The molecule has 0 fully saturated rings. The summed E-state index contributed by atoms with van der Waals surface area (Å²) in [5.41, 5.74) is 1.41. The highest BCUT2D eigenvalue weighted by Gasteiger charge is 2.16. The van der Waals surface area contributed by atoms with Crippen molar-refractivity contribution in [2.45, 2.75) is 32.9 Å². The molecule has 118 valence electrons. The molecule has 2 aromatic rings. The van der Waals surface area contributed by atoms with E-state index >= 15 is 0 Å². The maximum Gasteiger partial charge on any atom is 0.413 e. The Balaban J connectivity index is 1.86. The summed E-state index contributed by atoms with van der Waals surface area (Å²) in [4.78, 5) is 15.8. The number of carbonyl (C=O) groups excluding carboxylic acids is 1. The standard InChI is InChI=1S/C15H21N5O2/c1-15(2,3)22-14(21)19-13-6-5-12(9-17-13)16-7-11-8-18-20(4)10-11/h5-6,8-10,16H,7H2,1-4H3,(H,17,19,21). The molecule has 0 atom stereocenters. The zero-order valence-corrected chi connectivity index (χ0v) is 13.3. The molecule has 2 heterocycles. The number of ether oxygens (including phenoxy) is 1. The van der Waals surface area contributed by atoms with Gasteiger partial charge in [-0.15, -0.1) is 0 Å². The van der Waals surface area contributed by atoms with Gasteiger partial charge in [0.1, 0.15) is 11.4 Å². The van der Waals surface area contributed by atoms with Crippen LogP contribution in [0.3, 0.4) is 0 Å². The van der Waals surface area contributed by atoms with Crippen molar-refractivity contribution in [3.63, 3.8) is 0 Å². The third kappa shape index (κ3) is 5.08. The highest BCUT2D eigenvalue weighted by atomic mass is 16.6. The average Bonchev–Trinajstić information content (AvgIpc) is 2.81. The number of hydrogen-bond acceptors (Lipinski definition) is 5. The highest BCUT2D eigenvalue weighted by molar-refractivity contribution is 5.83. The van der Waals surface area contributed by atoms with Crippen LogP contribution in [0.2, 0.25) is 0 Å². The second kappa shape index (κ2) is 6.46. The van der Waals surface area contributed by atoms with Crippen molar-refractivity contribution in [1.29, 1.82) is 0 Å². The van der Waals surface area contributed by atoms with Gasteiger partial charge in [0, 0.05) is 25.4 Å². The van der Waals surface area contributed by atoms with Crippen LogP contribution in [0.5, 0.6) is 0 Å². The molecule has 22 heavy (non-hydrogen) atoms. The molecule has 0 aliphatic rings. The Kier molecular flexibility index (Phi) is 4.65. The summed E-state index contributed by atoms with van der Waals surface area (Å²) in [6.07, 6.45) is 4.89. The lowest BCUT2D eigenvalue weighted by Crippen LogP contribution is -2.27. The average molecular weight is 303 g/mol. The predicted molar refractivity (Wildman–Crippen MR) is 84.6 cm³/mol. The number of amides is 1. The van der Waals surface area contributed by atoms with Crippen LogP contribution < -0.4 is 10.6 Å². The van der Waals surface area contributed by atoms with Crippen molar-refractivity contribution < 1.29 is 9.53 Å². The molecule has 0 aliphatic carbocycles. The van der Waals surface area contributed by atoms with E-state index in [1.54, 1.807) is 23.1 Å². The summed E-state index contributed by atoms with van der Waals surface area (Å²) in [6, 6.07) is 3.56. The lowest BCUT2D eigenvalue weighted by Gasteiger charge is -2.19. The van der Waals surface area contributed by atoms with Gasteiger partial charge in [0.05, 0.1) is 18.1 Å². The summed E-state index contributed by atoms with van der Waals surface area (Å²) in [5.74, 6) is 0.446. The summed E-state index contributed by atoms with van der Waals surface area (Å²) < 4.78 is 6.92. The van der Waals surface area contributed by atoms with Gasteiger partial charge in [-0.05, 0) is 32.9 Å². The third-order valence-electron chi connectivity index (χ3n) is 2.65. The van der Waals surface area contributed by atoms with Crippen LogP contribution >= 0.6 is 0 Å². The predicted octanol–water partition coefficient (Wildman–Crippen LogP) is 2.77. The molecule has 1 amide bonds. The second-order valence-electron chi connectivity index (χ2n) is 5.93. The molecule has 0 aromatic carbocycles. The smallest absolute Gasteiger partial charge is 0.413 e. The number of pyridine rings is 1. The van der Waals surface area contributed by atoms with Crippen LogP contribution in [-0.4, -0.2) is 26.5 Å². The first kappa shape index (κ1) is 15.8. The van der Waals surface area contributed by atoms with Crippen molar-refractivity contribution in [3.8, 4) is 0 Å². The molecule has 0 bridgehead atoms. The molecule has 0 saturated heterocycles. The number of nitrogens with one attached hydrogen (secondary N) is 2. The van der Waals surface area contributed by atoms with Crippen LogP contribution in [0, 0.1) is 0 Å². The van der Waals surface area contributed by atoms with Crippen LogP contribution in [0.25, 0.3) is 0 Å². The minimum atomic E-state index is -0.532. The van der Waals surface area contributed by atoms with Gasteiger partial charge in [-0.2, -0.15) is 5.10 Å². The highest BCUT2D eigenvalue weighted by Crippen LogP contribution is 2.13. The Morgan fingerprint density at radius 1 is 1.32 bits per heavy atom. The van der Waals surface area contributed by atoms with Gasteiger partial charge < -0.3 is 10.1 Å². The van der Waals surface area contributed by atoms with Gasteiger partial charge in [0.15, 0.2) is 0 Å². The van der Waals surface area contributed by atoms with E-state index in [-0.39, 0.29) is 0 Å². The van der Waals surface area contributed by atoms with Crippen molar-refractivity contribution in [1.82, 2.24) is 14.8 Å². The number of aromatic nitrogens is 3. The monoisotopic (exact) mass is 303 g/mol. The summed E-state index contributed by atoms with van der Waals surface area (Å²) >= 11 is 0. The zero-order valence-electron chi connectivity index (χ0n) is 13.3. The van der Waals surface area contributed by atoms with Gasteiger partial charge in [-0.3, -0.25) is 10.00 Å². The van der Waals surface area contributed by atoms with Gasteiger partial charge in [-0.25, -0.2) is 9.78 Å². The van der Waals surface area contributed by atoms with Crippen molar-refractivity contribution in [2.24, 2.45) is 7.05 Å². The topological polar surface area (TPSA) is 81.1 Å². The Morgan fingerprint density at radius 3 is 2.64 bits per heavy atom. The molecule has 0 spiro atoms. The maximum absolute atomic E-state index is 11.6. The number of aryl methyl sites for hydroxylation is 1. The maximum atomic E-state index is 11.6. The first-order chi connectivity index (χ1) is 10.3. The summed E-state index contributed by atoms with van der Waals surface area (Å²) in [6.45, 7) is 6.09. The zero-order chi connectivity index (χ0) is 16.2. The Morgan fingerprint density at radius 2 is 2.09 bits per heavy atom. The fourth-order valence-electron chi connectivity index (χ4n) is 1.75. The summed E-state index contributed by atoms with van der Waals surface area (Å²) in [5, 5.41) is 9.93. The van der Waals surface area contributed by atoms with E-state index in [0.29, 0.717) is 12.4 Å². The molecule has 0 unspecified atom stereocenters. The van der Waals surface area contributed by atoms with E-state index < -0.39 is 11.7 Å². The Hall–Kier alpha value is -2.57. The van der Waals surface area contributed by atoms with E-state index in [9.17, 15) is 4.79 Å². The first-order valence-electron chi connectivity index (χ1n) is 6.99. The van der Waals surface area contributed by atoms with Crippen LogP contribution in [0.4, 0.5) is 16.3 Å². The van der Waals surface area contributed by atoms with Crippen LogP contribution in [0.1, 0.15) is 26.3 Å². The normalized spacial score (nSPS) is 11.1. The largest absolute Gasteiger partial charge is 0.444 e. The molecule has 7 nitrogen and oxygen atoms in total. The molecule has 2 aromatic heterocycles. The lowest BCUT2D eigenvalue weighted by molar-refractivity contribution is 0.0635. The third-order valence-corrected chi connectivity index (χ3v) is 2.65. The van der Waals surface area contributed by atoms with E-state index in [1.807, 2.05) is 40.1 Å². The number of carbonyl (C=O) groups is 1. The van der Waals surface area contributed by atoms with Crippen molar-refractivity contribution in [2.75, 3.05) is 10.6 Å². The van der Waals surface area contributed by atoms with Crippen molar-refractivity contribution >= 4 is 17.6 Å². The number of hydrogen-bond donors (Lipinski definition) is 2. The van der Waals surface area contributed by atoms with Gasteiger partial charge in [0.2, 0.25) is 0 Å². The number of anilines is 2. The van der Waals surface area contributed by atoms with E-state index in [2.05, 4.69) is 20.7 Å². The number of nitrogens with zero attached hydrogens (tertiary/aromatic N) is 3. The second-order valence-corrected chi connectivity index (χ2v) is 5.93. The molecule has 7 heteroatoms. The molecule has 2 rings (SSSR count). The van der Waals surface area contributed by atoms with Gasteiger partial charge >= 0.3 is 6.09 Å². The molecule has 0 radical (unpaired) electrons. The van der Waals surface area contributed by atoms with Crippen molar-refractivity contribution in [3.05, 3.63) is 36.3 Å². The molecule has 2 N–H and O–H groups in total. The van der Waals surface area contributed by atoms with Crippen LogP contribution in [-0.2, 0) is 18.3 Å². The Labute approximate surface area is 129 Å². The quantitative estimate of drug-likeness (QED) is 0.907. The van der Waals surface area contributed by atoms with E-state index in [1.165, 1.54) is 0 Å². The minimum absolute atomic E-state index is 0.446. The van der Waals surface area contributed by atoms with Gasteiger partial charge in [-0.1, -0.05) is 0 Å². The lowest BCUT2D eigenvalue weighted by atomic mass is 10.2. The molecule has 0 aliphatic heterocycles. The first-order valence-corrected chi connectivity index (χ1v) is 6.99. The fourth-order valence-corrected chi connectivity index (χ4v) is 1.75. The minimum Gasteiger partial charge on any atom is -0.444 e. The molecular weight excluding hydrogens is 282 g/mol. The Bertz CT molecular complexity index is 628. The molecule has 0 saturated carbocycles. The molecular formula is C15H21N5O2. The van der Waals surface area contributed by atoms with Crippen LogP contribution in [0.15, 0.2) is 30.7 Å².